The summed E-state index contributed by atoms with van der Waals surface area (Å²) in [6.07, 6.45) is 7.11. The van der Waals surface area contributed by atoms with Crippen LogP contribution in [0.4, 0.5) is 0 Å². The molecule has 1 saturated carbocycles. The number of benzene rings is 1. The number of aliphatic hydroxyl groups is 1. The van der Waals surface area contributed by atoms with Crippen molar-refractivity contribution in [3.8, 4) is 0 Å². The Morgan fingerprint density at radius 1 is 1.12 bits per heavy atom. The van der Waals surface area contributed by atoms with Crippen molar-refractivity contribution in [1.82, 2.24) is 0 Å². The molecule has 85 valence electrons. The van der Waals surface area contributed by atoms with Crippen molar-refractivity contribution in [1.29, 1.82) is 0 Å². The molecule has 0 aromatic heterocycles. The minimum Gasteiger partial charge on any atom is -0.376 e. The lowest BCUT2D eigenvalue weighted by Gasteiger charge is -2.33. The fourth-order valence-corrected chi connectivity index (χ4v) is 2.59. The van der Waals surface area contributed by atoms with E-state index in [4.69, 9.17) is 0 Å². The van der Waals surface area contributed by atoms with Crippen LogP contribution in [0.3, 0.4) is 0 Å². The van der Waals surface area contributed by atoms with Gasteiger partial charge in [0.15, 0.2) is 5.60 Å². The van der Waals surface area contributed by atoms with E-state index in [1.54, 1.807) is 12.1 Å². The standard InChI is InChI=1S/C14H17O2/c15-11-14(16,12-7-3-1-4-8-12)13-9-5-2-6-10-13/h1,3-4,7-8,13,16H,2,5-6,9-10H2. The van der Waals surface area contributed by atoms with Gasteiger partial charge >= 0.3 is 0 Å². The first kappa shape index (κ1) is 11.3. The van der Waals surface area contributed by atoms with E-state index in [0.29, 0.717) is 5.56 Å². The summed E-state index contributed by atoms with van der Waals surface area (Å²) in [5.41, 5.74) is -0.723. The average Bonchev–Trinajstić information content (AvgIpc) is 2.40. The van der Waals surface area contributed by atoms with Gasteiger partial charge < -0.3 is 5.11 Å². The van der Waals surface area contributed by atoms with Gasteiger partial charge in [-0.3, -0.25) is 4.79 Å². The highest BCUT2D eigenvalue weighted by molar-refractivity contribution is 5.67. The van der Waals surface area contributed by atoms with Crippen LogP contribution in [0.2, 0.25) is 0 Å². The third kappa shape index (κ3) is 2.03. The van der Waals surface area contributed by atoms with Crippen LogP contribution < -0.4 is 0 Å². The van der Waals surface area contributed by atoms with Crippen molar-refractivity contribution in [2.45, 2.75) is 37.7 Å². The van der Waals surface area contributed by atoms with Crippen molar-refractivity contribution >= 4 is 6.29 Å². The van der Waals surface area contributed by atoms with Crippen molar-refractivity contribution in [2.75, 3.05) is 0 Å². The first-order valence-electron chi connectivity index (χ1n) is 5.94. The molecular formula is C14H17O2. The lowest BCUT2D eigenvalue weighted by Crippen LogP contribution is -2.37. The minimum absolute atomic E-state index is 0.0288. The van der Waals surface area contributed by atoms with Crippen LogP contribution in [0.1, 0.15) is 37.7 Å². The molecule has 2 heteroatoms. The number of hydrogen-bond donors (Lipinski definition) is 1. The Kier molecular flexibility index (Phi) is 3.39. The molecule has 1 aliphatic rings. The van der Waals surface area contributed by atoms with E-state index in [0.717, 1.165) is 25.7 Å². The largest absolute Gasteiger partial charge is 0.376 e. The van der Waals surface area contributed by atoms with Crippen LogP contribution in [0, 0.1) is 5.92 Å². The van der Waals surface area contributed by atoms with E-state index >= 15 is 0 Å². The Balaban J connectivity index is 2.27. The van der Waals surface area contributed by atoms with E-state index in [-0.39, 0.29) is 5.92 Å². The Bertz CT molecular complexity index is 341. The van der Waals surface area contributed by atoms with Gasteiger partial charge in [-0.05, 0) is 24.3 Å². The Labute approximate surface area is 96.3 Å². The number of rotatable bonds is 3. The summed E-state index contributed by atoms with van der Waals surface area (Å²) < 4.78 is 0. The summed E-state index contributed by atoms with van der Waals surface area (Å²) in [6, 6.07) is 9.19. The zero-order valence-electron chi connectivity index (χ0n) is 9.36. The summed E-state index contributed by atoms with van der Waals surface area (Å²) in [7, 11) is 0. The molecule has 0 saturated heterocycles. The van der Waals surface area contributed by atoms with Gasteiger partial charge in [0.1, 0.15) is 0 Å². The van der Waals surface area contributed by atoms with Gasteiger partial charge in [-0.25, -0.2) is 0 Å². The quantitative estimate of drug-likeness (QED) is 0.844. The lowest BCUT2D eigenvalue weighted by atomic mass is 9.74. The van der Waals surface area contributed by atoms with Gasteiger partial charge in [-0.2, -0.15) is 0 Å². The van der Waals surface area contributed by atoms with Crippen LogP contribution in [0.5, 0.6) is 0 Å². The molecule has 0 spiro atoms. The minimum atomic E-state index is -1.40. The zero-order valence-corrected chi connectivity index (χ0v) is 9.36. The maximum atomic E-state index is 11.2. The lowest BCUT2D eigenvalue weighted by molar-refractivity contribution is 0.0236. The summed E-state index contributed by atoms with van der Waals surface area (Å²) in [4.78, 5) is 11.2. The van der Waals surface area contributed by atoms with E-state index in [1.807, 2.05) is 24.5 Å². The second-order valence-electron chi connectivity index (χ2n) is 4.57. The number of hydrogen-bond acceptors (Lipinski definition) is 2. The molecule has 1 radical (unpaired) electrons. The SMILES string of the molecule is O=[C]C(O)(c1ccccc1)C1CCCCC1. The molecule has 0 aliphatic heterocycles. The molecule has 1 aromatic rings. The van der Waals surface area contributed by atoms with Gasteiger partial charge in [0, 0.05) is 0 Å². The van der Waals surface area contributed by atoms with Crippen LogP contribution >= 0.6 is 0 Å². The van der Waals surface area contributed by atoms with Gasteiger partial charge in [-0.15, -0.1) is 0 Å². The molecule has 1 N–H and O–H groups in total. The molecular weight excluding hydrogens is 200 g/mol. The van der Waals surface area contributed by atoms with Gasteiger partial charge in [0.05, 0.1) is 0 Å². The molecule has 1 unspecified atom stereocenters. The fraction of sp³-hybridized carbons (Fsp3) is 0.500. The van der Waals surface area contributed by atoms with Crippen molar-refractivity contribution in [3.63, 3.8) is 0 Å². The molecule has 2 nitrogen and oxygen atoms in total. The predicted molar refractivity (Wildman–Crippen MR) is 62.6 cm³/mol. The highest BCUT2D eigenvalue weighted by atomic mass is 16.3. The Hall–Kier alpha value is -1.15. The fourth-order valence-electron chi connectivity index (χ4n) is 2.59. The maximum Gasteiger partial charge on any atom is 0.238 e. The average molecular weight is 217 g/mol. The second kappa shape index (κ2) is 4.79. The van der Waals surface area contributed by atoms with Gasteiger partial charge in [-0.1, -0.05) is 49.6 Å². The third-order valence-electron chi connectivity index (χ3n) is 3.57. The molecule has 0 bridgehead atoms. The highest BCUT2D eigenvalue weighted by Gasteiger charge is 2.39. The van der Waals surface area contributed by atoms with E-state index in [9.17, 15) is 9.90 Å². The Morgan fingerprint density at radius 2 is 1.75 bits per heavy atom. The van der Waals surface area contributed by atoms with Crippen molar-refractivity contribution in [2.24, 2.45) is 5.92 Å². The summed E-state index contributed by atoms with van der Waals surface area (Å²) in [6.45, 7) is 0. The Morgan fingerprint density at radius 3 is 2.31 bits per heavy atom. The second-order valence-corrected chi connectivity index (χ2v) is 4.57. The zero-order chi connectivity index (χ0) is 11.4. The van der Waals surface area contributed by atoms with Crippen LogP contribution in [-0.2, 0) is 10.4 Å². The van der Waals surface area contributed by atoms with Crippen LogP contribution in [0.15, 0.2) is 30.3 Å². The molecule has 16 heavy (non-hydrogen) atoms. The molecule has 1 aromatic carbocycles. The summed E-state index contributed by atoms with van der Waals surface area (Å²) in [5, 5.41) is 10.5. The van der Waals surface area contributed by atoms with E-state index in [1.165, 1.54) is 6.42 Å². The molecule has 0 heterocycles. The normalized spacial score (nSPS) is 21.3. The topological polar surface area (TPSA) is 37.3 Å². The summed E-state index contributed by atoms with van der Waals surface area (Å²) >= 11 is 0. The maximum absolute atomic E-state index is 11.2. The first-order chi connectivity index (χ1) is 7.77. The van der Waals surface area contributed by atoms with Gasteiger partial charge in [0.25, 0.3) is 0 Å². The molecule has 1 fully saturated rings. The van der Waals surface area contributed by atoms with Gasteiger partial charge in [0.2, 0.25) is 6.29 Å². The molecule has 0 amide bonds. The monoisotopic (exact) mass is 217 g/mol. The summed E-state index contributed by atoms with van der Waals surface area (Å²) in [5.74, 6) is 0.0288. The van der Waals surface area contributed by atoms with Crippen molar-refractivity contribution in [3.05, 3.63) is 35.9 Å². The third-order valence-corrected chi connectivity index (χ3v) is 3.57. The predicted octanol–water partition coefficient (Wildman–Crippen LogP) is 2.56. The van der Waals surface area contributed by atoms with Crippen LogP contribution in [-0.4, -0.2) is 11.4 Å². The van der Waals surface area contributed by atoms with E-state index in [2.05, 4.69) is 0 Å². The van der Waals surface area contributed by atoms with Crippen molar-refractivity contribution < 1.29 is 9.90 Å². The molecule has 1 atom stereocenters. The number of carbonyl (C=O) groups excluding carboxylic acids is 1. The van der Waals surface area contributed by atoms with E-state index < -0.39 is 5.60 Å². The highest BCUT2D eigenvalue weighted by Crippen LogP contribution is 2.37. The molecule has 1 aliphatic carbocycles. The first-order valence-corrected chi connectivity index (χ1v) is 5.94. The molecule has 2 rings (SSSR count). The van der Waals surface area contributed by atoms with Crippen LogP contribution in [0.25, 0.3) is 0 Å². The smallest absolute Gasteiger partial charge is 0.238 e.